The topological polar surface area (TPSA) is 70.8 Å². The van der Waals surface area contributed by atoms with Crippen LogP contribution in [-0.4, -0.2) is 32.4 Å². The van der Waals surface area contributed by atoms with Crippen LogP contribution in [0.5, 0.6) is 5.75 Å². The fraction of sp³-hybridized carbons (Fsp3) is 0.462. The first kappa shape index (κ1) is 15.8. The van der Waals surface area contributed by atoms with Crippen LogP contribution in [0, 0.1) is 0 Å². The van der Waals surface area contributed by atoms with Crippen LogP contribution in [0.1, 0.15) is 24.2 Å². The Morgan fingerprint density at radius 1 is 1.37 bits per heavy atom. The van der Waals surface area contributed by atoms with Gasteiger partial charge in [-0.1, -0.05) is 0 Å². The Kier molecular flexibility index (Phi) is 6.11. The fourth-order valence-electron chi connectivity index (χ4n) is 1.42. The van der Waals surface area contributed by atoms with Crippen molar-refractivity contribution in [2.45, 2.75) is 20.0 Å². The molecule has 0 bridgehead atoms. The van der Waals surface area contributed by atoms with Gasteiger partial charge in [-0.25, -0.2) is 4.79 Å². The van der Waals surface area contributed by atoms with E-state index in [1.165, 1.54) is 0 Å². The van der Waals surface area contributed by atoms with Gasteiger partial charge in [-0.3, -0.25) is 0 Å². The molecule has 1 aromatic carbocycles. The van der Waals surface area contributed by atoms with Crippen LogP contribution >= 0.6 is 15.9 Å². The van der Waals surface area contributed by atoms with Gasteiger partial charge in [0.1, 0.15) is 17.9 Å². The number of rotatable bonds is 6. The first-order valence-corrected chi connectivity index (χ1v) is 6.67. The van der Waals surface area contributed by atoms with E-state index >= 15 is 0 Å². The number of hydrogen-bond acceptors (Lipinski definition) is 5. The highest BCUT2D eigenvalue weighted by Crippen LogP contribution is 2.32. The number of carbonyl (C=O) groups excluding carboxylic acids is 1. The van der Waals surface area contributed by atoms with Gasteiger partial charge in [0.25, 0.3) is 0 Å². The summed E-state index contributed by atoms with van der Waals surface area (Å²) >= 11 is 3.29. The standard InChI is InChI=1S/C13H18BrNO4/c1-8(2)19-13(16)11-9(14)4-5-10(12(11)15)18-7-6-17-3/h4-5,8H,6-7,15H2,1-3H3. The third-order valence-corrected chi connectivity index (χ3v) is 2.91. The molecule has 0 unspecified atom stereocenters. The molecule has 1 aromatic rings. The summed E-state index contributed by atoms with van der Waals surface area (Å²) in [4.78, 5) is 12.0. The summed E-state index contributed by atoms with van der Waals surface area (Å²) in [5.41, 5.74) is 6.49. The van der Waals surface area contributed by atoms with E-state index in [4.69, 9.17) is 19.9 Å². The van der Waals surface area contributed by atoms with Gasteiger partial charge in [-0.2, -0.15) is 0 Å². The number of nitrogen functional groups attached to an aromatic ring is 1. The molecule has 0 saturated carbocycles. The molecule has 1 rings (SSSR count). The third kappa shape index (κ3) is 4.40. The minimum absolute atomic E-state index is 0.211. The molecular formula is C13H18BrNO4. The summed E-state index contributed by atoms with van der Waals surface area (Å²) in [6.07, 6.45) is -0.211. The van der Waals surface area contributed by atoms with Gasteiger partial charge >= 0.3 is 5.97 Å². The van der Waals surface area contributed by atoms with Crippen LogP contribution in [0.15, 0.2) is 16.6 Å². The molecular weight excluding hydrogens is 314 g/mol. The molecule has 0 heterocycles. The first-order valence-electron chi connectivity index (χ1n) is 5.88. The number of hydrogen-bond donors (Lipinski definition) is 1. The minimum atomic E-state index is -0.475. The summed E-state index contributed by atoms with van der Waals surface area (Å²) in [6, 6.07) is 3.40. The van der Waals surface area contributed by atoms with Crippen LogP contribution in [-0.2, 0) is 9.47 Å². The van der Waals surface area contributed by atoms with Crippen LogP contribution in [0.3, 0.4) is 0 Å². The highest BCUT2D eigenvalue weighted by molar-refractivity contribution is 9.10. The number of carbonyl (C=O) groups is 1. The van der Waals surface area contributed by atoms with Crippen molar-refractivity contribution in [2.75, 3.05) is 26.1 Å². The molecule has 0 saturated heterocycles. The van der Waals surface area contributed by atoms with Crippen LogP contribution in [0.4, 0.5) is 5.69 Å². The van der Waals surface area contributed by atoms with E-state index in [1.807, 2.05) is 0 Å². The number of methoxy groups -OCH3 is 1. The molecule has 0 atom stereocenters. The van der Waals surface area contributed by atoms with Crippen molar-refractivity contribution in [3.8, 4) is 5.75 Å². The molecule has 0 aliphatic heterocycles. The van der Waals surface area contributed by atoms with Crippen LogP contribution in [0.2, 0.25) is 0 Å². The van der Waals surface area contributed by atoms with E-state index in [0.717, 1.165) is 0 Å². The maximum atomic E-state index is 12.0. The average Bonchev–Trinajstić information content (AvgIpc) is 2.31. The Morgan fingerprint density at radius 3 is 2.63 bits per heavy atom. The van der Waals surface area contributed by atoms with E-state index in [1.54, 1.807) is 33.1 Å². The number of ether oxygens (including phenoxy) is 3. The lowest BCUT2D eigenvalue weighted by atomic mass is 10.1. The maximum Gasteiger partial charge on any atom is 0.341 e. The SMILES string of the molecule is COCCOc1ccc(Br)c(C(=O)OC(C)C)c1N. The Labute approximate surface area is 121 Å². The lowest BCUT2D eigenvalue weighted by Crippen LogP contribution is -2.15. The zero-order valence-electron chi connectivity index (χ0n) is 11.2. The van der Waals surface area contributed by atoms with Crippen molar-refractivity contribution < 1.29 is 19.0 Å². The van der Waals surface area contributed by atoms with Gasteiger partial charge in [0.15, 0.2) is 0 Å². The quantitative estimate of drug-likeness (QED) is 0.493. The highest BCUT2D eigenvalue weighted by atomic mass is 79.9. The van der Waals surface area contributed by atoms with Gasteiger partial charge in [-0.05, 0) is 41.9 Å². The van der Waals surface area contributed by atoms with Crippen molar-refractivity contribution in [3.05, 3.63) is 22.2 Å². The Morgan fingerprint density at radius 2 is 2.05 bits per heavy atom. The van der Waals surface area contributed by atoms with Gasteiger partial charge in [0, 0.05) is 11.6 Å². The number of anilines is 1. The zero-order chi connectivity index (χ0) is 14.4. The summed E-state index contributed by atoms with van der Waals surface area (Å²) < 4.78 is 16.1. The largest absolute Gasteiger partial charge is 0.489 e. The van der Waals surface area contributed by atoms with Gasteiger partial charge in [0.05, 0.1) is 18.4 Å². The molecule has 0 radical (unpaired) electrons. The number of benzene rings is 1. The smallest absolute Gasteiger partial charge is 0.341 e. The van der Waals surface area contributed by atoms with Crippen LogP contribution < -0.4 is 10.5 Å². The molecule has 5 nitrogen and oxygen atoms in total. The Bertz CT molecular complexity index is 449. The lowest BCUT2D eigenvalue weighted by molar-refractivity contribution is 0.0377. The van der Waals surface area contributed by atoms with Gasteiger partial charge in [-0.15, -0.1) is 0 Å². The van der Waals surface area contributed by atoms with E-state index in [-0.39, 0.29) is 17.4 Å². The van der Waals surface area contributed by atoms with Crippen molar-refractivity contribution in [2.24, 2.45) is 0 Å². The molecule has 6 heteroatoms. The fourth-order valence-corrected chi connectivity index (χ4v) is 1.92. The van der Waals surface area contributed by atoms with E-state index < -0.39 is 5.97 Å². The second-order valence-corrected chi connectivity index (χ2v) is 4.98. The third-order valence-electron chi connectivity index (χ3n) is 2.25. The molecule has 0 spiro atoms. The van der Waals surface area contributed by atoms with Crippen molar-refractivity contribution in [1.82, 2.24) is 0 Å². The van der Waals surface area contributed by atoms with Crippen LogP contribution in [0.25, 0.3) is 0 Å². The second-order valence-electron chi connectivity index (χ2n) is 4.13. The maximum absolute atomic E-state index is 12.0. The number of nitrogens with two attached hydrogens (primary N) is 1. The molecule has 0 aliphatic carbocycles. The highest BCUT2D eigenvalue weighted by Gasteiger charge is 2.19. The van der Waals surface area contributed by atoms with Crippen molar-refractivity contribution in [1.29, 1.82) is 0 Å². The van der Waals surface area contributed by atoms with E-state index in [0.29, 0.717) is 23.4 Å². The zero-order valence-corrected chi connectivity index (χ0v) is 12.8. The van der Waals surface area contributed by atoms with E-state index in [2.05, 4.69) is 15.9 Å². The second kappa shape index (κ2) is 7.35. The van der Waals surface area contributed by atoms with E-state index in [9.17, 15) is 4.79 Å². The van der Waals surface area contributed by atoms with Crippen molar-refractivity contribution in [3.63, 3.8) is 0 Å². The minimum Gasteiger partial charge on any atom is -0.489 e. The lowest BCUT2D eigenvalue weighted by Gasteiger charge is -2.14. The number of halogens is 1. The Hall–Kier alpha value is -1.27. The molecule has 0 aromatic heterocycles. The molecule has 0 fully saturated rings. The normalized spacial score (nSPS) is 10.6. The predicted molar refractivity (Wildman–Crippen MR) is 76.5 cm³/mol. The summed E-state index contributed by atoms with van der Waals surface area (Å²) in [6.45, 7) is 4.37. The molecule has 2 N–H and O–H groups in total. The Balaban J connectivity index is 2.96. The van der Waals surface area contributed by atoms with Gasteiger partial charge in [0.2, 0.25) is 0 Å². The average molecular weight is 332 g/mol. The predicted octanol–water partition coefficient (Wildman–Crippen LogP) is 2.62. The summed E-state index contributed by atoms with van der Waals surface area (Å²) in [5, 5.41) is 0. The molecule has 0 aliphatic rings. The summed E-state index contributed by atoms with van der Waals surface area (Å²) in [5.74, 6) is -0.0347. The monoisotopic (exact) mass is 331 g/mol. The van der Waals surface area contributed by atoms with Crippen molar-refractivity contribution >= 4 is 27.6 Å². The molecule has 19 heavy (non-hydrogen) atoms. The van der Waals surface area contributed by atoms with Gasteiger partial charge < -0.3 is 19.9 Å². The summed E-state index contributed by atoms with van der Waals surface area (Å²) in [7, 11) is 1.58. The number of esters is 1. The molecule has 106 valence electrons. The molecule has 0 amide bonds. The first-order chi connectivity index (χ1) is 8.97.